The molecule has 4 aromatic rings. The van der Waals surface area contributed by atoms with Crippen LogP contribution in [0.4, 0.5) is 15.9 Å². The van der Waals surface area contributed by atoms with Gasteiger partial charge in [-0.1, -0.05) is 24.3 Å². The third-order valence-corrected chi connectivity index (χ3v) is 9.00. The number of halogens is 1. The molecular weight excluding hydrogens is 531 g/mol. The molecule has 1 saturated heterocycles. The van der Waals surface area contributed by atoms with Crippen LogP contribution in [-0.2, 0) is 10.0 Å². The molecule has 0 aliphatic carbocycles. The van der Waals surface area contributed by atoms with Crippen molar-refractivity contribution < 1.29 is 17.5 Å². The SMILES string of the molecule is Cc1c(F)c(NS(=O)(=O)C(C)(C)C)c2ccccc2c1Oc1nccnc1-c1ccnc(N[C@H]2CCCNC2)c1. The minimum absolute atomic E-state index is 0.114. The van der Waals surface area contributed by atoms with Crippen molar-refractivity contribution in [2.45, 2.75) is 51.3 Å². The number of pyridine rings is 1. The molecule has 9 nitrogen and oxygen atoms in total. The fourth-order valence-electron chi connectivity index (χ4n) is 4.56. The van der Waals surface area contributed by atoms with E-state index in [1.807, 2.05) is 12.1 Å². The lowest BCUT2D eigenvalue weighted by molar-refractivity contribution is 0.458. The fraction of sp³-hybridized carbons (Fsp3) is 0.345. The maximum absolute atomic E-state index is 15.8. The Morgan fingerprint density at radius 2 is 1.80 bits per heavy atom. The highest BCUT2D eigenvalue weighted by molar-refractivity contribution is 7.94. The lowest BCUT2D eigenvalue weighted by atomic mass is 10.0. The van der Waals surface area contributed by atoms with E-state index < -0.39 is 20.6 Å². The third kappa shape index (κ3) is 5.57. The van der Waals surface area contributed by atoms with E-state index in [1.165, 1.54) is 6.20 Å². The molecule has 1 fully saturated rings. The Bertz CT molecular complexity index is 1650. The number of rotatable bonds is 7. The van der Waals surface area contributed by atoms with Crippen molar-refractivity contribution in [2.24, 2.45) is 0 Å². The van der Waals surface area contributed by atoms with Gasteiger partial charge in [0, 0.05) is 53.1 Å². The number of nitrogens with zero attached hydrogens (tertiary/aromatic N) is 3. The normalized spacial score (nSPS) is 16.1. The summed E-state index contributed by atoms with van der Waals surface area (Å²) >= 11 is 0. The number of hydrogen-bond donors (Lipinski definition) is 3. The Labute approximate surface area is 233 Å². The van der Waals surface area contributed by atoms with Gasteiger partial charge in [-0.05, 0) is 59.2 Å². The van der Waals surface area contributed by atoms with Gasteiger partial charge in [-0.2, -0.15) is 0 Å². The molecule has 40 heavy (non-hydrogen) atoms. The molecule has 2 aromatic carbocycles. The monoisotopic (exact) mass is 564 g/mol. The lowest BCUT2D eigenvalue weighted by Gasteiger charge is -2.24. The Morgan fingerprint density at radius 3 is 2.52 bits per heavy atom. The van der Waals surface area contributed by atoms with E-state index in [1.54, 1.807) is 64.4 Å². The minimum atomic E-state index is -3.88. The first-order valence-electron chi connectivity index (χ1n) is 13.2. The van der Waals surface area contributed by atoms with Gasteiger partial charge in [-0.15, -0.1) is 0 Å². The van der Waals surface area contributed by atoms with Gasteiger partial charge in [0.15, 0.2) is 5.82 Å². The van der Waals surface area contributed by atoms with E-state index in [2.05, 4.69) is 30.3 Å². The van der Waals surface area contributed by atoms with E-state index in [-0.39, 0.29) is 28.9 Å². The molecule has 1 aliphatic heterocycles. The maximum atomic E-state index is 15.8. The van der Waals surface area contributed by atoms with Gasteiger partial charge in [0.05, 0.1) is 10.4 Å². The van der Waals surface area contributed by atoms with Crippen LogP contribution in [0, 0.1) is 12.7 Å². The largest absolute Gasteiger partial charge is 0.436 e. The van der Waals surface area contributed by atoms with Gasteiger partial charge in [-0.25, -0.2) is 27.8 Å². The average Bonchev–Trinajstić information content (AvgIpc) is 2.94. The summed E-state index contributed by atoms with van der Waals surface area (Å²) in [6.45, 7) is 8.11. The predicted octanol–water partition coefficient (Wildman–Crippen LogP) is 5.64. The van der Waals surface area contributed by atoms with Crippen LogP contribution in [0.25, 0.3) is 22.0 Å². The summed E-state index contributed by atoms with van der Waals surface area (Å²) in [6, 6.07) is 10.9. The number of fused-ring (bicyclic) bond motifs is 1. The standard InChI is InChI=1S/C29H33FN6O3S/c1-18-24(30)26(36-40(37,38)29(2,3)4)21-9-5-6-10-22(21)27(18)39-28-25(33-14-15-34-28)19-11-13-32-23(16-19)35-20-8-7-12-31-17-20/h5-6,9-11,13-16,20,31,36H,7-8,12,17H2,1-4H3,(H,32,35)/t20-/m0/s1. The molecule has 0 unspecified atom stereocenters. The van der Waals surface area contributed by atoms with E-state index in [9.17, 15) is 8.42 Å². The van der Waals surface area contributed by atoms with Crippen LogP contribution in [0.1, 0.15) is 39.2 Å². The highest BCUT2D eigenvalue weighted by Gasteiger charge is 2.31. The van der Waals surface area contributed by atoms with Crippen molar-refractivity contribution in [1.29, 1.82) is 0 Å². The Kier molecular flexibility index (Phi) is 7.61. The molecule has 11 heteroatoms. The second kappa shape index (κ2) is 11.0. The van der Waals surface area contributed by atoms with Gasteiger partial charge >= 0.3 is 0 Å². The number of benzene rings is 2. The van der Waals surface area contributed by atoms with Crippen LogP contribution in [0.5, 0.6) is 11.6 Å². The smallest absolute Gasteiger partial charge is 0.246 e. The second-order valence-electron chi connectivity index (χ2n) is 10.8. The molecule has 0 amide bonds. The highest BCUT2D eigenvalue weighted by atomic mass is 32.2. The van der Waals surface area contributed by atoms with E-state index in [0.717, 1.165) is 31.5 Å². The van der Waals surface area contributed by atoms with Gasteiger partial charge in [0.1, 0.15) is 17.3 Å². The summed E-state index contributed by atoms with van der Waals surface area (Å²) in [6.07, 6.45) is 6.92. The van der Waals surface area contributed by atoms with Gasteiger partial charge in [0.25, 0.3) is 0 Å². The number of piperidine rings is 1. The summed E-state index contributed by atoms with van der Waals surface area (Å²) in [5, 5.41) is 7.76. The van der Waals surface area contributed by atoms with Crippen molar-refractivity contribution in [3.63, 3.8) is 0 Å². The molecule has 0 radical (unpaired) electrons. The summed E-state index contributed by atoms with van der Waals surface area (Å²) in [5.74, 6) is 0.415. The number of anilines is 2. The minimum Gasteiger partial charge on any atom is -0.436 e. The number of hydrogen-bond acceptors (Lipinski definition) is 8. The van der Waals surface area contributed by atoms with Gasteiger partial charge in [0.2, 0.25) is 15.9 Å². The zero-order valence-electron chi connectivity index (χ0n) is 23.0. The zero-order chi connectivity index (χ0) is 28.5. The molecule has 5 rings (SSSR count). The molecule has 0 bridgehead atoms. The van der Waals surface area contributed by atoms with E-state index >= 15 is 4.39 Å². The first kappa shape index (κ1) is 27.7. The number of sulfonamides is 1. The zero-order valence-corrected chi connectivity index (χ0v) is 23.8. The summed E-state index contributed by atoms with van der Waals surface area (Å²) < 4.78 is 49.3. The molecule has 2 aromatic heterocycles. The number of nitrogens with one attached hydrogen (secondary N) is 3. The van der Waals surface area contributed by atoms with Crippen LogP contribution < -0.4 is 20.1 Å². The second-order valence-corrected chi connectivity index (χ2v) is 13.3. The summed E-state index contributed by atoms with van der Waals surface area (Å²) in [7, 11) is -3.88. The first-order valence-corrected chi connectivity index (χ1v) is 14.7. The van der Waals surface area contributed by atoms with Crippen LogP contribution >= 0.6 is 0 Å². The van der Waals surface area contributed by atoms with E-state index in [4.69, 9.17) is 4.74 Å². The van der Waals surface area contributed by atoms with Crippen molar-refractivity contribution in [3.8, 4) is 22.9 Å². The summed E-state index contributed by atoms with van der Waals surface area (Å²) in [4.78, 5) is 13.4. The first-order chi connectivity index (χ1) is 19.0. The van der Waals surface area contributed by atoms with Gasteiger partial charge < -0.3 is 15.4 Å². The molecular formula is C29H33FN6O3S. The van der Waals surface area contributed by atoms with Crippen LogP contribution in [0.2, 0.25) is 0 Å². The molecule has 3 heterocycles. The van der Waals surface area contributed by atoms with Crippen LogP contribution in [0.3, 0.4) is 0 Å². The number of ether oxygens (including phenoxy) is 1. The molecule has 0 spiro atoms. The molecule has 210 valence electrons. The Morgan fingerprint density at radius 1 is 1.05 bits per heavy atom. The molecule has 0 saturated carbocycles. The van der Waals surface area contributed by atoms with Crippen molar-refractivity contribution >= 4 is 32.3 Å². The fourth-order valence-corrected chi connectivity index (χ4v) is 5.34. The summed E-state index contributed by atoms with van der Waals surface area (Å²) in [5.41, 5.74) is 1.23. The molecule has 1 atom stereocenters. The average molecular weight is 565 g/mol. The van der Waals surface area contributed by atoms with Crippen molar-refractivity contribution in [3.05, 3.63) is 66.4 Å². The quantitative estimate of drug-likeness (QED) is 0.264. The van der Waals surface area contributed by atoms with Crippen molar-refractivity contribution in [2.75, 3.05) is 23.1 Å². The highest BCUT2D eigenvalue weighted by Crippen LogP contribution is 2.42. The molecule has 3 N–H and O–H groups in total. The predicted molar refractivity (Wildman–Crippen MR) is 156 cm³/mol. The molecule has 1 aliphatic rings. The Balaban J connectivity index is 1.54. The van der Waals surface area contributed by atoms with Crippen LogP contribution in [0.15, 0.2) is 55.0 Å². The maximum Gasteiger partial charge on any atom is 0.246 e. The topological polar surface area (TPSA) is 118 Å². The van der Waals surface area contributed by atoms with Crippen LogP contribution in [-0.4, -0.2) is 47.2 Å². The van der Waals surface area contributed by atoms with E-state index in [0.29, 0.717) is 22.3 Å². The van der Waals surface area contributed by atoms with Crippen molar-refractivity contribution in [1.82, 2.24) is 20.3 Å². The van der Waals surface area contributed by atoms with Gasteiger partial charge in [-0.3, -0.25) is 4.72 Å². The number of aromatic nitrogens is 3. The third-order valence-electron chi connectivity index (χ3n) is 6.92. The Hall–Kier alpha value is -3.83. The lowest BCUT2D eigenvalue weighted by Crippen LogP contribution is -2.38.